The van der Waals surface area contributed by atoms with Crippen LogP contribution in [0.4, 0.5) is 10.1 Å². The van der Waals surface area contributed by atoms with E-state index in [2.05, 4.69) is 5.32 Å². The van der Waals surface area contributed by atoms with Crippen LogP contribution in [0.1, 0.15) is 24.5 Å². The lowest BCUT2D eigenvalue weighted by Gasteiger charge is -2.33. The molecule has 7 nitrogen and oxygen atoms in total. The Morgan fingerprint density at radius 2 is 1.63 bits per heavy atom. The monoisotopic (exact) mass is 579 g/mol. The summed E-state index contributed by atoms with van der Waals surface area (Å²) in [5.41, 5.74) is 1.44. The molecule has 0 saturated heterocycles. The highest BCUT2D eigenvalue weighted by atomic mass is 35.5. The number of likely N-dealkylation sites (N-methyl/N-ethyl adjacent to an activating group) is 1. The summed E-state index contributed by atoms with van der Waals surface area (Å²) >= 11 is 12.6. The van der Waals surface area contributed by atoms with Crippen molar-refractivity contribution in [3.05, 3.63) is 93.7 Å². The van der Waals surface area contributed by atoms with Crippen molar-refractivity contribution < 1.29 is 22.4 Å². The van der Waals surface area contributed by atoms with E-state index in [0.29, 0.717) is 5.56 Å². The van der Waals surface area contributed by atoms with Crippen LogP contribution in [-0.2, 0) is 26.2 Å². The van der Waals surface area contributed by atoms with Crippen molar-refractivity contribution in [2.24, 2.45) is 0 Å². The number of hydrogen-bond acceptors (Lipinski definition) is 4. The van der Waals surface area contributed by atoms with Crippen molar-refractivity contribution in [3.63, 3.8) is 0 Å². The first-order valence-electron chi connectivity index (χ1n) is 11.8. The summed E-state index contributed by atoms with van der Waals surface area (Å²) in [4.78, 5) is 27.8. The van der Waals surface area contributed by atoms with Crippen LogP contribution in [-0.4, -0.2) is 44.8 Å². The molecule has 38 heavy (non-hydrogen) atoms. The average Bonchev–Trinajstić information content (AvgIpc) is 2.90. The third kappa shape index (κ3) is 6.64. The second-order valence-corrected chi connectivity index (χ2v) is 11.2. The Hall–Kier alpha value is -3.14. The maximum absolute atomic E-state index is 13.8. The number of sulfonamides is 1. The number of rotatable bonds is 10. The van der Waals surface area contributed by atoms with E-state index in [9.17, 15) is 22.4 Å². The first kappa shape index (κ1) is 29.4. The van der Waals surface area contributed by atoms with Gasteiger partial charge >= 0.3 is 0 Å². The second kappa shape index (κ2) is 12.6. The molecule has 0 fully saturated rings. The minimum absolute atomic E-state index is 0.0165. The van der Waals surface area contributed by atoms with E-state index >= 15 is 0 Å². The Morgan fingerprint density at radius 1 is 1.00 bits per heavy atom. The molecule has 0 radical (unpaired) electrons. The molecule has 202 valence electrons. The number of anilines is 1. The highest BCUT2D eigenvalue weighted by Gasteiger charge is 2.34. The van der Waals surface area contributed by atoms with Crippen molar-refractivity contribution in [2.45, 2.75) is 37.8 Å². The van der Waals surface area contributed by atoms with Gasteiger partial charge in [0.25, 0.3) is 10.0 Å². The Kier molecular flexibility index (Phi) is 9.76. The van der Waals surface area contributed by atoms with Gasteiger partial charge in [-0.3, -0.25) is 13.9 Å². The average molecular weight is 581 g/mol. The minimum Gasteiger partial charge on any atom is -0.357 e. The molecular weight excluding hydrogens is 552 g/mol. The molecule has 0 aliphatic heterocycles. The van der Waals surface area contributed by atoms with Crippen LogP contribution in [0.15, 0.2) is 71.6 Å². The number of aryl methyl sites for hydroxylation is 1. The van der Waals surface area contributed by atoms with Gasteiger partial charge in [-0.25, -0.2) is 12.8 Å². The lowest BCUT2D eigenvalue weighted by atomic mass is 10.1. The van der Waals surface area contributed by atoms with Crippen LogP contribution >= 0.6 is 23.2 Å². The number of carbonyl (C=O) groups is 2. The van der Waals surface area contributed by atoms with Gasteiger partial charge in [0.2, 0.25) is 11.8 Å². The number of hydrogen-bond donors (Lipinski definition) is 1. The van der Waals surface area contributed by atoms with Gasteiger partial charge < -0.3 is 10.2 Å². The number of halogens is 3. The molecule has 11 heteroatoms. The summed E-state index contributed by atoms with van der Waals surface area (Å²) in [6.07, 6.45) is 0.259. The molecule has 0 aliphatic rings. The number of nitrogens with zero attached hydrogens (tertiary/aromatic N) is 2. The third-order valence-electron chi connectivity index (χ3n) is 5.99. The summed E-state index contributed by atoms with van der Waals surface area (Å²) in [6.45, 7) is 2.85. The molecule has 0 heterocycles. The van der Waals surface area contributed by atoms with E-state index in [1.807, 2.05) is 6.92 Å². The lowest BCUT2D eigenvalue weighted by Crippen LogP contribution is -2.51. The highest BCUT2D eigenvalue weighted by Crippen LogP contribution is 2.35. The van der Waals surface area contributed by atoms with Crippen LogP contribution in [0.25, 0.3) is 0 Å². The number of benzene rings is 3. The third-order valence-corrected chi connectivity index (χ3v) is 8.57. The SMILES string of the molecule is CC[C@@H](C(=O)NC)N(Cc1ccc(F)cc1)C(=O)CN(c1cccc(Cl)c1Cl)S(=O)(=O)c1ccc(C)cc1. The maximum Gasteiger partial charge on any atom is 0.264 e. The number of nitrogens with one attached hydrogen (secondary N) is 1. The molecule has 0 bridgehead atoms. The summed E-state index contributed by atoms with van der Waals surface area (Å²) in [5, 5.41) is 2.62. The molecule has 0 unspecified atom stereocenters. The fourth-order valence-electron chi connectivity index (χ4n) is 3.91. The van der Waals surface area contributed by atoms with E-state index in [0.717, 1.165) is 9.87 Å². The first-order chi connectivity index (χ1) is 18.0. The molecule has 0 aromatic heterocycles. The van der Waals surface area contributed by atoms with Crippen molar-refractivity contribution in [3.8, 4) is 0 Å². The van der Waals surface area contributed by atoms with Gasteiger partial charge in [-0.1, -0.05) is 66.0 Å². The summed E-state index contributed by atoms with van der Waals surface area (Å²) in [7, 11) is -2.83. The normalized spacial score (nSPS) is 12.1. The topological polar surface area (TPSA) is 86.8 Å². The van der Waals surface area contributed by atoms with E-state index in [-0.39, 0.29) is 33.6 Å². The van der Waals surface area contributed by atoms with Crippen molar-refractivity contribution in [1.29, 1.82) is 0 Å². The molecule has 0 aliphatic carbocycles. The minimum atomic E-state index is -4.28. The molecule has 0 spiro atoms. The molecule has 3 rings (SSSR count). The molecule has 0 saturated carbocycles. The number of carbonyl (C=O) groups excluding carboxylic acids is 2. The molecular formula is C27H28Cl2FN3O4S. The largest absolute Gasteiger partial charge is 0.357 e. The fourth-order valence-corrected chi connectivity index (χ4v) is 5.78. The summed E-state index contributed by atoms with van der Waals surface area (Å²) in [5.74, 6) is -1.52. The highest BCUT2D eigenvalue weighted by molar-refractivity contribution is 7.92. The van der Waals surface area contributed by atoms with Crippen molar-refractivity contribution >= 4 is 50.7 Å². The predicted molar refractivity (Wildman–Crippen MR) is 147 cm³/mol. The quantitative estimate of drug-likeness (QED) is 0.358. The van der Waals surface area contributed by atoms with Gasteiger partial charge in [0.05, 0.1) is 20.6 Å². The molecule has 3 aromatic carbocycles. The molecule has 1 atom stereocenters. The summed E-state index contributed by atoms with van der Waals surface area (Å²) < 4.78 is 42.0. The smallest absolute Gasteiger partial charge is 0.264 e. The Morgan fingerprint density at radius 3 is 2.21 bits per heavy atom. The van der Waals surface area contributed by atoms with E-state index in [1.165, 1.54) is 66.5 Å². The fraction of sp³-hybridized carbons (Fsp3) is 0.259. The van der Waals surface area contributed by atoms with Gasteiger partial charge in [0, 0.05) is 13.6 Å². The Labute approximate surface area is 232 Å². The predicted octanol–water partition coefficient (Wildman–Crippen LogP) is 5.19. The number of amides is 2. The van der Waals surface area contributed by atoms with Crippen LogP contribution in [0.5, 0.6) is 0 Å². The standard InChI is InChI=1S/C27H28Cl2FN3O4S/c1-4-23(27(35)31-3)32(16-19-10-12-20(30)13-11-19)25(34)17-33(24-7-5-6-22(28)26(24)29)38(36,37)21-14-8-18(2)9-15-21/h5-15,23H,4,16-17H2,1-3H3,(H,31,35)/t23-/m0/s1. The Bertz CT molecular complexity index is 1400. The van der Waals surface area contributed by atoms with E-state index in [4.69, 9.17) is 23.2 Å². The Balaban J connectivity index is 2.10. The zero-order valence-corrected chi connectivity index (χ0v) is 23.4. The zero-order valence-electron chi connectivity index (χ0n) is 21.1. The summed E-state index contributed by atoms with van der Waals surface area (Å²) in [6, 6.07) is 15.3. The lowest BCUT2D eigenvalue weighted by molar-refractivity contribution is -0.140. The second-order valence-electron chi connectivity index (χ2n) is 8.58. The molecule has 2 amide bonds. The van der Waals surface area contributed by atoms with Gasteiger partial charge in [0.1, 0.15) is 18.4 Å². The van der Waals surface area contributed by atoms with Crippen LogP contribution in [0, 0.1) is 12.7 Å². The van der Waals surface area contributed by atoms with Gasteiger partial charge in [0.15, 0.2) is 0 Å². The van der Waals surface area contributed by atoms with Crippen LogP contribution in [0.3, 0.4) is 0 Å². The zero-order chi connectivity index (χ0) is 28.0. The van der Waals surface area contributed by atoms with Gasteiger partial charge in [-0.15, -0.1) is 0 Å². The molecule has 1 N–H and O–H groups in total. The van der Waals surface area contributed by atoms with Crippen LogP contribution < -0.4 is 9.62 Å². The van der Waals surface area contributed by atoms with Gasteiger partial charge in [-0.2, -0.15) is 0 Å². The van der Waals surface area contributed by atoms with E-state index < -0.39 is 40.2 Å². The van der Waals surface area contributed by atoms with Gasteiger partial charge in [-0.05, 0) is 55.3 Å². The van der Waals surface area contributed by atoms with Crippen LogP contribution in [0.2, 0.25) is 10.0 Å². The molecule has 3 aromatic rings. The first-order valence-corrected chi connectivity index (χ1v) is 14.0. The van der Waals surface area contributed by atoms with Crippen molar-refractivity contribution in [2.75, 3.05) is 17.9 Å². The van der Waals surface area contributed by atoms with E-state index in [1.54, 1.807) is 19.1 Å². The van der Waals surface area contributed by atoms with Crippen molar-refractivity contribution in [1.82, 2.24) is 10.2 Å². The maximum atomic E-state index is 13.8.